The predicted octanol–water partition coefficient (Wildman–Crippen LogP) is 3.39. The molecule has 0 heterocycles. The lowest BCUT2D eigenvalue weighted by Gasteiger charge is -2.16. The van der Waals surface area contributed by atoms with Crippen LogP contribution in [0, 0.1) is 13.8 Å². The van der Waals surface area contributed by atoms with Gasteiger partial charge in [-0.05, 0) is 54.8 Å². The first-order chi connectivity index (χ1) is 10.5. The first-order valence-corrected chi connectivity index (χ1v) is 7.08. The molecule has 0 radical (unpaired) electrons. The van der Waals surface area contributed by atoms with Crippen molar-refractivity contribution in [2.24, 2.45) is 0 Å². The monoisotopic (exact) mass is 300 g/mol. The third kappa shape index (κ3) is 4.25. The summed E-state index contributed by atoms with van der Waals surface area (Å²) in [6.45, 7) is 3.91. The summed E-state index contributed by atoms with van der Waals surface area (Å²) in [5, 5.41) is 9.39. The summed E-state index contributed by atoms with van der Waals surface area (Å²) in [5.74, 6) is 0.347. The molecule has 0 saturated carbocycles. The highest BCUT2D eigenvalue weighted by molar-refractivity contribution is 5.73. The zero-order chi connectivity index (χ0) is 16.1. The maximum atomic E-state index is 11.5. The van der Waals surface area contributed by atoms with E-state index in [1.54, 1.807) is 7.11 Å². The van der Waals surface area contributed by atoms with Gasteiger partial charge in [0.25, 0.3) is 0 Å². The molecule has 0 unspecified atom stereocenters. The number of aryl methyl sites for hydroxylation is 2. The number of carbonyl (C=O) groups is 1. The summed E-state index contributed by atoms with van der Waals surface area (Å²) >= 11 is 0. The molecule has 0 bridgehead atoms. The Morgan fingerprint density at radius 1 is 1.05 bits per heavy atom. The summed E-state index contributed by atoms with van der Waals surface area (Å²) in [6.07, 6.45) is -0.624. The van der Waals surface area contributed by atoms with Crippen LogP contribution in [0.1, 0.15) is 16.7 Å². The van der Waals surface area contributed by atoms with Crippen molar-refractivity contribution >= 4 is 5.97 Å². The minimum atomic E-state index is -0.977. The number of rotatable bonds is 6. The number of hydrogen-bond acceptors (Lipinski definition) is 3. The Morgan fingerprint density at radius 3 is 2.14 bits per heavy atom. The topological polar surface area (TPSA) is 55.8 Å². The van der Waals surface area contributed by atoms with E-state index in [9.17, 15) is 9.90 Å². The van der Waals surface area contributed by atoms with E-state index < -0.39 is 12.1 Å². The van der Waals surface area contributed by atoms with Gasteiger partial charge in [0.1, 0.15) is 11.5 Å². The predicted molar refractivity (Wildman–Crippen MR) is 84.7 cm³/mol. The Bertz CT molecular complexity index is 626. The summed E-state index contributed by atoms with van der Waals surface area (Å²) in [6, 6.07) is 13.0. The van der Waals surface area contributed by atoms with Crippen LogP contribution in [0.15, 0.2) is 42.5 Å². The first-order valence-electron chi connectivity index (χ1n) is 7.08. The van der Waals surface area contributed by atoms with Gasteiger partial charge in [0.2, 0.25) is 0 Å². The largest absolute Gasteiger partial charge is 0.497 e. The molecule has 0 fully saturated rings. The SMILES string of the molecule is COc1ccc(C[C@@H](Oc2cc(C)cc(C)c2)C(=O)O)cc1. The highest BCUT2D eigenvalue weighted by Crippen LogP contribution is 2.20. The van der Waals surface area contributed by atoms with Crippen LogP contribution in [0.3, 0.4) is 0 Å². The number of hydrogen-bond donors (Lipinski definition) is 1. The molecule has 116 valence electrons. The second-order valence-electron chi connectivity index (χ2n) is 5.32. The molecule has 0 amide bonds. The minimum absolute atomic E-state index is 0.298. The van der Waals surface area contributed by atoms with Crippen LogP contribution in [0.5, 0.6) is 11.5 Å². The number of carboxylic acids is 1. The molecule has 1 atom stereocenters. The Hall–Kier alpha value is -2.49. The van der Waals surface area contributed by atoms with E-state index in [2.05, 4.69) is 0 Å². The van der Waals surface area contributed by atoms with Gasteiger partial charge in [-0.3, -0.25) is 0 Å². The molecule has 0 aliphatic carbocycles. The van der Waals surface area contributed by atoms with Crippen molar-refractivity contribution in [3.8, 4) is 11.5 Å². The van der Waals surface area contributed by atoms with Crippen molar-refractivity contribution in [1.82, 2.24) is 0 Å². The second kappa shape index (κ2) is 6.98. The standard InChI is InChI=1S/C18H20O4/c1-12-8-13(2)10-16(9-12)22-17(18(19)20)11-14-4-6-15(21-3)7-5-14/h4-10,17H,11H2,1-3H3,(H,19,20)/t17-/m1/s1. The van der Waals surface area contributed by atoms with Crippen LogP contribution in [0.2, 0.25) is 0 Å². The van der Waals surface area contributed by atoms with Gasteiger partial charge in [-0.1, -0.05) is 18.2 Å². The van der Waals surface area contributed by atoms with E-state index >= 15 is 0 Å². The van der Waals surface area contributed by atoms with E-state index in [-0.39, 0.29) is 0 Å². The average Bonchev–Trinajstić information content (AvgIpc) is 2.46. The highest BCUT2D eigenvalue weighted by atomic mass is 16.5. The fraction of sp³-hybridized carbons (Fsp3) is 0.278. The van der Waals surface area contributed by atoms with Crippen LogP contribution in [-0.2, 0) is 11.2 Å². The van der Waals surface area contributed by atoms with Crippen LogP contribution >= 0.6 is 0 Å². The molecule has 0 aliphatic rings. The number of ether oxygens (including phenoxy) is 2. The van der Waals surface area contributed by atoms with E-state index in [4.69, 9.17) is 9.47 Å². The van der Waals surface area contributed by atoms with Crippen molar-refractivity contribution < 1.29 is 19.4 Å². The van der Waals surface area contributed by atoms with Gasteiger partial charge in [-0.25, -0.2) is 4.79 Å². The lowest BCUT2D eigenvalue weighted by Crippen LogP contribution is -2.29. The Labute approximate surface area is 130 Å². The molecule has 2 rings (SSSR count). The summed E-state index contributed by atoms with van der Waals surface area (Å²) in [4.78, 5) is 11.5. The van der Waals surface area contributed by atoms with Gasteiger partial charge in [-0.15, -0.1) is 0 Å². The minimum Gasteiger partial charge on any atom is -0.497 e. The molecule has 2 aromatic carbocycles. The van der Waals surface area contributed by atoms with Gasteiger partial charge in [-0.2, -0.15) is 0 Å². The Morgan fingerprint density at radius 2 is 1.64 bits per heavy atom. The molecule has 0 saturated heterocycles. The van der Waals surface area contributed by atoms with Gasteiger partial charge < -0.3 is 14.6 Å². The fourth-order valence-corrected chi connectivity index (χ4v) is 2.32. The summed E-state index contributed by atoms with van der Waals surface area (Å²) < 4.78 is 10.8. The molecule has 0 aliphatic heterocycles. The fourth-order valence-electron chi connectivity index (χ4n) is 2.32. The zero-order valence-corrected chi connectivity index (χ0v) is 13.0. The maximum Gasteiger partial charge on any atom is 0.345 e. The molecule has 2 aromatic rings. The van der Waals surface area contributed by atoms with Crippen LogP contribution in [0.25, 0.3) is 0 Å². The summed E-state index contributed by atoms with van der Waals surface area (Å²) in [5.41, 5.74) is 2.98. The molecular weight excluding hydrogens is 280 g/mol. The third-order valence-electron chi connectivity index (χ3n) is 3.33. The van der Waals surface area contributed by atoms with Crippen molar-refractivity contribution in [1.29, 1.82) is 0 Å². The molecule has 22 heavy (non-hydrogen) atoms. The van der Waals surface area contributed by atoms with Crippen molar-refractivity contribution in [3.63, 3.8) is 0 Å². The van der Waals surface area contributed by atoms with E-state index in [0.717, 1.165) is 22.4 Å². The molecule has 0 aromatic heterocycles. The van der Waals surface area contributed by atoms with Crippen LogP contribution in [-0.4, -0.2) is 24.3 Å². The second-order valence-corrected chi connectivity index (χ2v) is 5.32. The Balaban J connectivity index is 2.13. The molecule has 4 nitrogen and oxygen atoms in total. The van der Waals surface area contributed by atoms with Crippen molar-refractivity contribution in [2.75, 3.05) is 7.11 Å². The number of methoxy groups -OCH3 is 1. The summed E-state index contributed by atoms with van der Waals surface area (Å²) in [7, 11) is 1.60. The van der Waals surface area contributed by atoms with Gasteiger partial charge >= 0.3 is 5.97 Å². The normalized spacial score (nSPS) is 11.8. The molecule has 4 heteroatoms. The van der Waals surface area contributed by atoms with Crippen LogP contribution in [0.4, 0.5) is 0 Å². The number of benzene rings is 2. The van der Waals surface area contributed by atoms with Gasteiger partial charge in [0.15, 0.2) is 6.10 Å². The zero-order valence-electron chi connectivity index (χ0n) is 13.0. The van der Waals surface area contributed by atoms with E-state index in [1.807, 2.05) is 56.3 Å². The average molecular weight is 300 g/mol. The molecule has 1 N–H and O–H groups in total. The Kier molecular flexibility index (Phi) is 5.04. The lowest BCUT2D eigenvalue weighted by molar-refractivity contribution is -0.145. The van der Waals surface area contributed by atoms with E-state index in [1.165, 1.54) is 0 Å². The maximum absolute atomic E-state index is 11.5. The number of carboxylic acid groups (broad SMARTS) is 1. The van der Waals surface area contributed by atoms with Crippen molar-refractivity contribution in [3.05, 3.63) is 59.2 Å². The number of aliphatic carboxylic acids is 1. The van der Waals surface area contributed by atoms with Crippen molar-refractivity contribution in [2.45, 2.75) is 26.4 Å². The van der Waals surface area contributed by atoms with Crippen LogP contribution < -0.4 is 9.47 Å². The van der Waals surface area contributed by atoms with Gasteiger partial charge in [0, 0.05) is 6.42 Å². The quantitative estimate of drug-likeness (QED) is 0.888. The van der Waals surface area contributed by atoms with Gasteiger partial charge in [0.05, 0.1) is 7.11 Å². The third-order valence-corrected chi connectivity index (χ3v) is 3.33. The first kappa shape index (κ1) is 15.9. The van der Waals surface area contributed by atoms with E-state index in [0.29, 0.717) is 12.2 Å². The molecular formula is C18H20O4. The highest BCUT2D eigenvalue weighted by Gasteiger charge is 2.20. The lowest BCUT2D eigenvalue weighted by atomic mass is 10.1. The molecule has 0 spiro atoms. The smallest absolute Gasteiger partial charge is 0.345 e.